The quantitative estimate of drug-likeness (QED) is 0.829. The van der Waals surface area contributed by atoms with Gasteiger partial charge in [0, 0.05) is 18.0 Å². The second-order valence-electron chi connectivity index (χ2n) is 5.51. The van der Waals surface area contributed by atoms with Crippen LogP contribution in [0.4, 0.5) is 0 Å². The summed E-state index contributed by atoms with van der Waals surface area (Å²) in [5, 5.41) is 10.5. The molecule has 2 aliphatic rings. The molecule has 1 fully saturated rings. The molecule has 0 radical (unpaired) electrons. The number of nitrogens with zero attached hydrogens (tertiary/aromatic N) is 1. The van der Waals surface area contributed by atoms with Gasteiger partial charge in [0.15, 0.2) is 0 Å². The van der Waals surface area contributed by atoms with Gasteiger partial charge in [-0.05, 0) is 50.6 Å². The van der Waals surface area contributed by atoms with Crippen LogP contribution in [0.3, 0.4) is 0 Å². The van der Waals surface area contributed by atoms with Crippen LogP contribution in [-0.2, 0) is 19.3 Å². The molecule has 4 nitrogen and oxygen atoms in total. The van der Waals surface area contributed by atoms with Crippen molar-refractivity contribution in [1.82, 2.24) is 15.5 Å². The smallest absolute Gasteiger partial charge is 0.267 e. The summed E-state index contributed by atoms with van der Waals surface area (Å²) < 4.78 is 0. The maximum atomic E-state index is 11.8. The lowest BCUT2D eigenvalue weighted by Crippen LogP contribution is -2.37. The molecular formula is C14H21N3O. The van der Waals surface area contributed by atoms with E-state index in [1.54, 1.807) is 0 Å². The van der Waals surface area contributed by atoms with Gasteiger partial charge in [-0.1, -0.05) is 6.42 Å². The molecule has 0 amide bonds. The van der Waals surface area contributed by atoms with E-state index in [0.717, 1.165) is 43.5 Å². The molecule has 98 valence electrons. The van der Waals surface area contributed by atoms with Crippen LogP contribution in [0.5, 0.6) is 0 Å². The number of hydrogen-bond acceptors (Lipinski definition) is 3. The fourth-order valence-electron chi connectivity index (χ4n) is 3.23. The molecule has 0 aromatic carbocycles. The standard InChI is InChI=1S/C14H21N3O/c18-14-12-7-2-1-6-11(12)13(16-17-14)9-10-5-3-4-8-15-10/h10,15H,1-9H2,(H,17,18). The van der Waals surface area contributed by atoms with Gasteiger partial charge in [-0.25, -0.2) is 5.10 Å². The molecular weight excluding hydrogens is 226 g/mol. The third kappa shape index (κ3) is 2.34. The monoisotopic (exact) mass is 247 g/mol. The molecule has 1 aliphatic carbocycles. The van der Waals surface area contributed by atoms with Gasteiger partial charge in [-0.15, -0.1) is 0 Å². The maximum absolute atomic E-state index is 11.8. The van der Waals surface area contributed by atoms with Crippen LogP contribution in [0, 0.1) is 0 Å². The molecule has 0 spiro atoms. The average Bonchev–Trinajstić information content (AvgIpc) is 2.44. The van der Waals surface area contributed by atoms with Gasteiger partial charge in [-0.3, -0.25) is 4.79 Å². The first-order valence-corrected chi connectivity index (χ1v) is 7.17. The SMILES string of the molecule is O=c1[nH]nc(CC2CCCCN2)c2c1CCCC2. The number of aromatic amines is 1. The van der Waals surface area contributed by atoms with Gasteiger partial charge < -0.3 is 5.32 Å². The Morgan fingerprint density at radius 2 is 1.94 bits per heavy atom. The molecule has 1 aliphatic heterocycles. The highest BCUT2D eigenvalue weighted by molar-refractivity contribution is 5.30. The van der Waals surface area contributed by atoms with E-state index in [4.69, 9.17) is 0 Å². The van der Waals surface area contributed by atoms with E-state index in [9.17, 15) is 4.79 Å². The zero-order chi connectivity index (χ0) is 12.4. The van der Waals surface area contributed by atoms with Gasteiger partial charge >= 0.3 is 0 Å². The molecule has 1 atom stereocenters. The molecule has 1 aromatic heterocycles. The molecule has 2 N–H and O–H groups in total. The summed E-state index contributed by atoms with van der Waals surface area (Å²) in [4.78, 5) is 11.8. The lowest BCUT2D eigenvalue weighted by molar-refractivity contribution is 0.394. The molecule has 4 heteroatoms. The van der Waals surface area contributed by atoms with E-state index in [1.165, 1.54) is 31.2 Å². The Morgan fingerprint density at radius 1 is 1.11 bits per heavy atom. The third-order valence-corrected chi connectivity index (χ3v) is 4.23. The van der Waals surface area contributed by atoms with Crippen LogP contribution in [0.1, 0.15) is 48.9 Å². The molecule has 2 heterocycles. The summed E-state index contributed by atoms with van der Waals surface area (Å²) in [6, 6.07) is 0.545. The highest BCUT2D eigenvalue weighted by Gasteiger charge is 2.21. The number of nitrogens with one attached hydrogen (secondary N) is 2. The molecule has 1 saturated heterocycles. The normalized spacial score (nSPS) is 23.7. The van der Waals surface area contributed by atoms with Crippen molar-refractivity contribution in [3.05, 3.63) is 27.2 Å². The Labute approximate surface area is 107 Å². The van der Waals surface area contributed by atoms with E-state index in [2.05, 4.69) is 15.5 Å². The summed E-state index contributed by atoms with van der Waals surface area (Å²) >= 11 is 0. The zero-order valence-electron chi connectivity index (χ0n) is 10.8. The number of fused-ring (bicyclic) bond motifs is 1. The van der Waals surface area contributed by atoms with Crippen LogP contribution in [0.25, 0.3) is 0 Å². The maximum Gasteiger partial charge on any atom is 0.267 e. The fourth-order valence-corrected chi connectivity index (χ4v) is 3.23. The summed E-state index contributed by atoms with van der Waals surface area (Å²) in [6.07, 6.45) is 9.10. The Balaban J connectivity index is 1.85. The van der Waals surface area contributed by atoms with Gasteiger partial charge in [0.2, 0.25) is 0 Å². The van der Waals surface area contributed by atoms with Crippen molar-refractivity contribution in [2.24, 2.45) is 0 Å². The number of aromatic nitrogens is 2. The summed E-state index contributed by atoms with van der Waals surface area (Å²) in [7, 11) is 0. The Bertz CT molecular complexity index is 474. The number of H-pyrrole nitrogens is 1. The predicted octanol–water partition coefficient (Wildman–Crippen LogP) is 1.33. The van der Waals surface area contributed by atoms with E-state index < -0.39 is 0 Å². The minimum atomic E-state index is 0.0325. The van der Waals surface area contributed by atoms with E-state index in [1.807, 2.05) is 0 Å². The van der Waals surface area contributed by atoms with E-state index in [0.29, 0.717) is 6.04 Å². The van der Waals surface area contributed by atoms with E-state index >= 15 is 0 Å². The van der Waals surface area contributed by atoms with Gasteiger partial charge in [0.05, 0.1) is 5.69 Å². The first-order valence-electron chi connectivity index (χ1n) is 7.17. The lowest BCUT2D eigenvalue weighted by atomic mass is 9.89. The summed E-state index contributed by atoms with van der Waals surface area (Å²) in [5.74, 6) is 0. The van der Waals surface area contributed by atoms with Crippen molar-refractivity contribution in [1.29, 1.82) is 0 Å². The van der Waals surface area contributed by atoms with Gasteiger partial charge in [0.1, 0.15) is 0 Å². The van der Waals surface area contributed by atoms with Crippen LogP contribution in [-0.4, -0.2) is 22.8 Å². The second-order valence-corrected chi connectivity index (χ2v) is 5.51. The molecule has 1 unspecified atom stereocenters. The number of piperidine rings is 1. The van der Waals surface area contributed by atoms with Crippen molar-refractivity contribution in [2.75, 3.05) is 6.54 Å². The highest BCUT2D eigenvalue weighted by atomic mass is 16.1. The minimum Gasteiger partial charge on any atom is -0.314 e. The number of rotatable bonds is 2. The fraction of sp³-hybridized carbons (Fsp3) is 0.714. The van der Waals surface area contributed by atoms with Crippen LogP contribution < -0.4 is 10.9 Å². The topological polar surface area (TPSA) is 57.8 Å². The van der Waals surface area contributed by atoms with Crippen molar-refractivity contribution in [3.63, 3.8) is 0 Å². The molecule has 18 heavy (non-hydrogen) atoms. The summed E-state index contributed by atoms with van der Waals surface area (Å²) in [5.41, 5.74) is 3.41. The Morgan fingerprint density at radius 3 is 2.72 bits per heavy atom. The Kier molecular flexibility index (Phi) is 3.46. The zero-order valence-corrected chi connectivity index (χ0v) is 10.8. The third-order valence-electron chi connectivity index (χ3n) is 4.23. The van der Waals surface area contributed by atoms with Gasteiger partial charge in [0.25, 0.3) is 5.56 Å². The number of hydrogen-bond donors (Lipinski definition) is 2. The largest absolute Gasteiger partial charge is 0.314 e. The van der Waals surface area contributed by atoms with Crippen molar-refractivity contribution in [3.8, 4) is 0 Å². The van der Waals surface area contributed by atoms with Crippen LogP contribution >= 0.6 is 0 Å². The molecule has 1 aromatic rings. The average molecular weight is 247 g/mol. The second kappa shape index (κ2) is 5.22. The van der Waals surface area contributed by atoms with Crippen molar-refractivity contribution in [2.45, 2.75) is 57.4 Å². The molecule has 0 saturated carbocycles. The van der Waals surface area contributed by atoms with Gasteiger partial charge in [-0.2, -0.15) is 5.10 Å². The lowest BCUT2D eigenvalue weighted by Gasteiger charge is -2.25. The van der Waals surface area contributed by atoms with Crippen molar-refractivity contribution < 1.29 is 0 Å². The minimum absolute atomic E-state index is 0.0325. The summed E-state index contributed by atoms with van der Waals surface area (Å²) in [6.45, 7) is 1.12. The van der Waals surface area contributed by atoms with Crippen LogP contribution in [0.15, 0.2) is 4.79 Å². The highest BCUT2D eigenvalue weighted by Crippen LogP contribution is 2.22. The molecule has 3 rings (SSSR count). The van der Waals surface area contributed by atoms with E-state index in [-0.39, 0.29) is 5.56 Å². The van der Waals surface area contributed by atoms with Crippen molar-refractivity contribution >= 4 is 0 Å². The first kappa shape index (κ1) is 11.9. The van der Waals surface area contributed by atoms with Crippen LogP contribution in [0.2, 0.25) is 0 Å². The molecule has 0 bridgehead atoms. The Hall–Kier alpha value is -1.16. The predicted molar refractivity (Wildman–Crippen MR) is 70.8 cm³/mol. The first-order chi connectivity index (χ1) is 8.84.